The quantitative estimate of drug-likeness (QED) is 0.689. The first-order valence-electron chi connectivity index (χ1n) is 8.86. The molecule has 2 rings (SSSR count). The minimum Gasteiger partial charge on any atom is -0.477 e. The number of nitrogens with zero attached hydrogens (tertiary/aromatic N) is 4. The highest BCUT2D eigenvalue weighted by Crippen LogP contribution is 2.28. The summed E-state index contributed by atoms with van der Waals surface area (Å²) in [5, 5.41) is 9.48. The first-order chi connectivity index (χ1) is 14.1. The number of nitrogen functional groups attached to an aromatic ring is 1. The number of carbonyl (C=O) groups is 1. The third-order valence-electron chi connectivity index (χ3n) is 4.16. The number of Topliss-reactive ketones (excluding diaryl/α,β-unsaturated/α-hetero) is 1. The Morgan fingerprint density at radius 1 is 1.37 bits per heavy atom. The zero-order chi connectivity index (χ0) is 22.5. The van der Waals surface area contributed by atoms with Crippen LogP contribution in [0, 0.1) is 11.3 Å². The monoisotopic (exact) mass is 423 g/mol. The van der Waals surface area contributed by atoms with E-state index < -0.39 is 18.2 Å². The summed E-state index contributed by atoms with van der Waals surface area (Å²) in [7, 11) is 1.55. The number of ether oxygens (including phenoxy) is 2. The number of rotatable bonds is 8. The maximum absolute atomic E-state index is 12.7. The number of ketones is 1. The third-order valence-corrected chi connectivity index (χ3v) is 4.16. The van der Waals surface area contributed by atoms with Crippen LogP contribution in [-0.2, 0) is 11.2 Å². The van der Waals surface area contributed by atoms with E-state index in [1.807, 2.05) is 6.07 Å². The molecule has 11 heteroatoms. The van der Waals surface area contributed by atoms with E-state index >= 15 is 0 Å². The van der Waals surface area contributed by atoms with Gasteiger partial charge >= 0.3 is 6.36 Å². The molecule has 0 aliphatic carbocycles. The van der Waals surface area contributed by atoms with Crippen LogP contribution in [0.25, 0.3) is 0 Å². The number of carbonyl (C=O) groups excluding carboxylic acids is 1. The van der Waals surface area contributed by atoms with Crippen LogP contribution in [0.4, 0.5) is 24.9 Å². The van der Waals surface area contributed by atoms with Crippen molar-refractivity contribution in [3.63, 3.8) is 0 Å². The Hall–Kier alpha value is -3.55. The van der Waals surface area contributed by atoms with Gasteiger partial charge in [-0.1, -0.05) is 12.1 Å². The molecule has 1 aromatic carbocycles. The molecule has 1 heterocycles. The topological polar surface area (TPSA) is 114 Å². The van der Waals surface area contributed by atoms with Gasteiger partial charge in [0.05, 0.1) is 12.6 Å². The molecule has 0 saturated carbocycles. The molecular weight excluding hydrogens is 403 g/mol. The normalized spacial score (nSPS) is 12.0. The molecular formula is C19H20F3N5O3. The van der Waals surface area contributed by atoms with Gasteiger partial charge in [-0.3, -0.25) is 4.79 Å². The molecule has 0 amide bonds. The van der Waals surface area contributed by atoms with E-state index in [0.717, 1.165) is 12.1 Å². The lowest BCUT2D eigenvalue weighted by Crippen LogP contribution is -2.38. The first kappa shape index (κ1) is 22.7. The van der Waals surface area contributed by atoms with Crippen molar-refractivity contribution in [3.8, 4) is 17.7 Å². The molecule has 8 nitrogen and oxygen atoms in total. The summed E-state index contributed by atoms with van der Waals surface area (Å²) in [6.07, 6.45) is -4.98. The Morgan fingerprint density at radius 2 is 2.07 bits per heavy atom. The van der Waals surface area contributed by atoms with Crippen LogP contribution < -0.4 is 20.1 Å². The summed E-state index contributed by atoms with van der Waals surface area (Å²) in [5.74, 6) is -0.739. The van der Waals surface area contributed by atoms with E-state index in [2.05, 4.69) is 14.7 Å². The Balaban J connectivity index is 2.23. The molecule has 1 atom stereocenters. The number of aromatic nitrogens is 2. The van der Waals surface area contributed by atoms with Crippen LogP contribution in [0.15, 0.2) is 24.3 Å². The van der Waals surface area contributed by atoms with Crippen molar-refractivity contribution in [2.45, 2.75) is 32.7 Å². The van der Waals surface area contributed by atoms with Crippen molar-refractivity contribution in [1.82, 2.24) is 9.97 Å². The molecule has 0 saturated heterocycles. The van der Waals surface area contributed by atoms with Crippen LogP contribution in [0.1, 0.15) is 25.0 Å². The maximum atomic E-state index is 12.7. The molecule has 30 heavy (non-hydrogen) atoms. The Kier molecular flexibility index (Phi) is 7.05. The minimum absolute atomic E-state index is 0.00556. The van der Waals surface area contributed by atoms with Crippen LogP contribution in [0.2, 0.25) is 0 Å². The van der Waals surface area contributed by atoms with Gasteiger partial charge in [0.15, 0.2) is 17.2 Å². The number of alkyl halides is 3. The summed E-state index contributed by atoms with van der Waals surface area (Å²) < 4.78 is 46.4. The first-order valence-corrected chi connectivity index (χ1v) is 8.86. The number of hydrogen-bond acceptors (Lipinski definition) is 8. The van der Waals surface area contributed by atoms with Gasteiger partial charge in [-0.05, 0) is 31.5 Å². The highest BCUT2D eigenvalue weighted by atomic mass is 19.4. The van der Waals surface area contributed by atoms with Crippen LogP contribution in [-0.4, -0.2) is 41.8 Å². The number of nitrogens with two attached hydrogens (primary N) is 1. The Bertz CT molecular complexity index is 959. The summed E-state index contributed by atoms with van der Waals surface area (Å²) in [6, 6.07) is 6.36. The number of benzene rings is 1. The van der Waals surface area contributed by atoms with E-state index in [9.17, 15) is 23.2 Å². The van der Waals surface area contributed by atoms with Gasteiger partial charge < -0.3 is 20.1 Å². The fourth-order valence-electron chi connectivity index (χ4n) is 2.64. The summed E-state index contributed by atoms with van der Waals surface area (Å²) in [5.41, 5.74) is 6.06. The number of anilines is 2. The molecule has 0 fully saturated rings. The van der Waals surface area contributed by atoms with Gasteiger partial charge in [0.1, 0.15) is 11.8 Å². The predicted molar refractivity (Wildman–Crippen MR) is 102 cm³/mol. The molecule has 0 aliphatic heterocycles. The number of halogens is 3. The molecule has 0 aliphatic rings. The maximum Gasteiger partial charge on any atom is 0.573 e. The van der Waals surface area contributed by atoms with E-state index in [1.165, 1.54) is 17.0 Å². The van der Waals surface area contributed by atoms with Crippen LogP contribution >= 0.6 is 0 Å². The van der Waals surface area contributed by atoms with Crippen molar-refractivity contribution in [2.24, 2.45) is 0 Å². The molecule has 0 radical (unpaired) electrons. The van der Waals surface area contributed by atoms with E-state index in [4.69, 9.17) is 10.5 Å². The number of hydrogen-bond donors (Lipinski definition) is 1. The van der Waals surface area contributed by atoms with E-state index in [-0.39, 0.29) is 42.0 Å². The highest BCUT2D eigenvalue weighted by molar-refractivity contribution is 5.89. The molecule has 2 aromatic rings. The highest BCUT2D eigenvalue weighted by Gasteiger charge is 2.31. The average molecular weight is 423 g/mol. The van der Waals surface area contributed by atoms with Gasteiger partial charge in [0.25, 0.3) is 0 Å². The molecule has 0 unspecified atom stereocenters. The largest absolute Gasteiger partial charge is 0.573 e. The zero-order valence-electron chi connectivity index (χ0n) is 16.5. The van der Waals surface area contributed by atoms with Crippen molar-refractivity contribution in [1.29, 1.82) is 5.26 Å². The lowest BCUT2D eigenvalue weighted by molar-refractivity contribution is -0.274. The molecule has 0 spiro atoms. The van der Waals surface area contributed by atoms with Gasteiger partial charge in [-0.2, -0.15) is 15.2 Å². The third kappa shape index (κ3) is 5.73. The molecule has 1 aromatic heterocycles. The van der Waals surface area contributed by atoms with E-state index in [0.29, 0.717) is 5.56 Å². The van der Waals surface area contributed by atoms with Crippen molar-refractivity contribution in [2.75, 3.05) is 24.3 Å². The van der Waals surface area contributed by atoms with Gasteiger partial charge in [0.2, 0.25) is 11.8 Å². The second-order valence-electron chi connectivity index (χ2n) is 6.26. The van der Waals surface area contributed by atoms with Crippen LogP contribution in [0.3, 0.4) is 0 Å². The standard InChI is InChI=1S/C19H20F3N5O3/c1-4-29-17-14(10-23)16(25-18(24)26-17)27(3)11(2)15(28)9-12-6-5-7-13(8-12)30-19(20,21)22/h5-8,11H,4,9H2,1-3H3,(H2,24,25,26)/t11-/m0/s1. The number of likely N-dealkylation sites (N-methyl/N-ethyl adjacent to an activating group) is 1. The summed E-state index contributed by atoms with van der Waals surface area (Å²) >= 11 is 0. The number of nitriles is 1. The van der Waals surface area contributed by atoms with Gasteiger partial charge in [-0.15, -0.1) is 13.2 Å². The lowest BCUT2D eigenvalue weighted by atomic mass is 10.0. The average Bonchev–Trinajstić information content (AvgIpc) is 2.65. The predicted octanol–water partition coefficient (Wildman–Crippen LogP) is 2.86. The minimum atomic E-state index is -4.82. The Morgan fingerprint density at radius 3 is 2.67 bits per heavy atom. The lowest BCUT2D eigenvalue weighted by Gasteiger charge is -2.26. The van der Waals surface area contributed by atoms with Crippen LogP contribution in [0.5, 0.6) is 11.6 Å². The summed E-state index contributed by atoms with van der Waals surface area (Å²) in [6.45, 7) is 3.54. The summed E-state index contributed by atoms with van der Waals surface area (Å²) in [4.78, 5) is 22.1. The van der Waals surface area contributed by atoms with Gasteiger partial charge in [-0.25, -0.2) is 0 Å². The fourth-order valence-corrected chi connectivity index (χ4v) is 2.64. The molecule has 160 valence electrons. The smallest absolute Gasteiger partial charge is 0.477 e. The molecule has 2 N–H and O–H groups in total. The fraction of sp³-hybridized carbons (Fsp3) is 0.368. The SMILES string of the molecule is CCOc1nc(N)nc(N(C)[C@@H](C)C(=O)Cc2cccc(OC(F)(F)F)c2)c1C#N. The zero-order valence-corrected chi connectivity index (χ0v) is 16.5. The van der Waals surface area contributed by atoms with Gasteiger partial charge in [0, 0.05) is 13.5 Å². The second-order valence-corrected chi connectivity index (χ2v) is 6.26. The Labute approximate surface area is 171 Å². The van der Waals surface area contributed by atoms with Crippen molar-refractivity contribution in [3.05, 3.63) is 35.4 Å². The second kappa shape index (κ2) is 9.30. The molecule has 0 bridgehead atoms. The van der Waals surface area contributed by atoms with E-state index in [1.54, 1.807) is 20.9 Å². The van der Waals surface area contributed by atoms with Crippen molar-refractivity contribution >= 4 is 17.5 Å². The van der Waals surface area contributed by atoms with Crippen molar-refractivity contribution < 1.29 is 27.4 Å².